The zero-order valence-electron chi connectivity index (χ0n) is 12.4. The van der Waals surface area contributed by atoms with Gasteiger partial charge in [-0.05, 0) is 24.6 Å². The summed E-state index contributed by atoms with van der Waals surface area (Å²) in [5.41, 5.74) is 1.93. The van der Waals surface area contributed by atoms with Gasteiger partial charge in [-0.1, -0.05) is 12.1 Å². The highest BCUT2D eigenvalue weighted by Gasteiger charge is 2.11. The first-order valence-electron chi connectivity index (χ1n) is 6.61. The molecule has 2 rings (SSSR count). The molecular weight excluding hydrogens is 286 g/mol. The number of phenolic OH excluding ortho intramolecular Hbond substituents is 3. The molecule has 0 fully saturated rings. The van der Waals surface area contributed by atoms with Crippen molar-refractivity contribution in [3.05, 3.63) is 36.4 Å². The van der Waals surface area contributed by atoms with Crippen molar-refractivity contribution < 1.29 is 24.9 Å². The van der Waals surface area contributed by atoms with Gasteiger partial charge in [0.15, 0.2) is 0 Å². The minimum Gasteiger partial charge on any atom is -0.508 e. The fraction of sp³-hybridized carbons (Fsp3) is 0.188. The maximum absolute atomic E-state index is 9.72. The van der Waals surface area contributed by atoms with E-state index in [4.69, 9.17) is 0 Å². The highest BCUT2D eigenvalue weighted by atomic mass is 16.5. The van der Waals surface area contributed by atoms with Gasteiger partial charge in [-0.3, -0.25) is 4.79 Å². The predicted molar refractivity (Wildman–Crippen MR) is 84.1 cm³/mol. The van der Waals surface area contributed by atoms with Crippen molar-refractivity contribution in [3.8, 4) is 28.4 Å². The van der Waals surface area contributed by atoms with E-state index < -0.39 is 0 Å². The summed E-state index contributed by atoms with van der Waals surface area (Å²) in [4.78, 5) is 9.18. The quantitative estimate of drug-likeness (QED) is 0.648. The minimum absolute atomic E-state index is 0.153. The second-order valence-corrected chi connectivity index (χ2v) is 4.24. The van der Waals surface area contributed by atoms with Gasteiger partial charge >= 0.3 is 0 Å². The van der Waals surface area contributed by atoms with E-state index in [1.165, 1.54) is 12.1 Å². The van der Waals surface area contributed by atoms with Crippen molar-refractivity contribution in [1.82, 2.24) is 0 Å². The lowest BCUT2D eigenvalue weighted by molar-refractivity contribution is -0.128. The molecule has 0 amide bonds. The molecule has 0 aromatic heterocycles. The summed E-state index contributed by atoms with van der Waals surface area (Å²) in [5, 5.41) is 31.6. The number of carbonyl (C=O) groups is 1. The molecule has 6 nitrogen and oxygen atoms in total. The average Bonchev–Trinajstić information content (AvgIpc) is 2.48. The van der Waals surface area contributed by atoms with E-state index in [1.807, 2.05) is 19.2 Å². The Morgan fingerprint density at radius 1 is 1.09 bits per heavy atom. The molecule has 118 valence electrons. The van der Waals surface area contributed by atoms with Gasteiger partial charge in [0, 0.05) is 24.9 Å². The third-order valence-electron chi connectivity index (χ3n) is 2.78. The van der Waals surface area contributed by atoms with Gasteiger partial charge in [-0.15, -0.1) is 0 Å². The van der Waals surface area contributed by atoms with Crippen LogP contribution in [0.25, 0.3) is 11.1 Å². The van der Waals surface area contributed by atoms with Crippen molar-refractivity contribution in [2.75, 3.05) is 19.0 Å². The molecule has 4 N–H and O–H groups in total. The van der Waals surface area contributed by atoms with E-state index in [2.05, 4.69) is 10.1 Å². The van der Waals surface area contributed by atoms with Crippen LogP contribution in [-0.4, -0.2) is 35.4 Å². The maximum Gasteiger partial charge on any atom is 0.293 e. The summed E-state index contributed by atoms with van der Waals surface area (Å²) >= 11 is 0. The zero-order valence-corrected chi connectivity index (χ0v) is 12.4. The van der Waals surface area contributed by atoms with Crippen LogP contribution in [0.5, 0.6) is 17.2 Å². The number of aromatic hydroxyl groups is 3. The molecule has 2 aromatic rings. The maximum atomic E-state index is 9.72. The highest BCUT2D eigenvalue weighted by Crippen LogP contribution is 2.40. The van der Waals surface area contributed by atoms with Gasteiger partial charge in [0.05, 0.1) is 12.2 Å². The number of carbonyl (C=O) groups excluding carboxylic acids is 1. The fourth-order valence-corrected chi connectivity index (χ4v) is 1.76. The summed E-state index contributed by atoms with van der Waals surface area (Å²) in [7, 11) is 1.81. The van der Waals surface area contributed by atoms with Crippen LogP contribution in [0.15, 0.2) is 36.4 Å². The minimum atomic E-state index is -0.171. The van der Waals surface area contributed by atoms with Gasteiger partial charge < -0.3 is 25.4 Å². The van der Waals surface area contributed by atoms with Gasteiger partial charge in [0.1, 0.15) is 17.2 Å². The lowest BCUT2D eigenvalue weighted by atomic mass is 10.0. The molecule has 0 saturated heterocycles. The lowest BCUT2D eigenvalue weighted by Crippen LogP contribution is -1.87. The molecule has 0 aliphatic heterocycles. The Morgan fingerprint density at radius 2 is 1.64 bits per heavy atom. The Kier molecular flexibility index (Phi) is 6.56. The zero-order chi connectivity index (χ0) is 16.5. The predicted octanol–water partition coefficient (Wildman–Crippen LogP) is 2.69. The van der Waals surface area contributed by atoms with Gasteiger partial charge in [-0.2, -0.15) is 0 Å². The van der Waals surface area contributed by atoms with Gasteiger partial charge in [-0.25, -0.2) is 0 Å². The molecule has 0 aliphatic rings. The second kappa shape index (κ2) is 8.41. The molecule has 0 heterocycles. The van der Waals surface area contributed by atoms with Crippen LogP contribution in [0.3, 0.4) is 0 Å². The SMILES string of the molecule is CCOC=O.CNc1ccc(-c2c(O)cc(O)cc2O)cc1. The van der Waals surface area contributed by atoms with Crippen LogP contribution in [0, 0.1) is 0 Å². The molecule has 0 atom stereocenters. The van der Waals surface area contributed by atoms with Crippen molar-refractivity contribution in [3.63, 3.8) is 0 Å². The van der Waals surface area contributed by atoms with Crippen LogP contribution < -0.4 is 5.32 Å². The largest absolute Gasteiger partial charge is 0.508 e. The number of hydrogen-bond acceptors (Lipinski definition) is 6. The smallest absolute Gasteiger partial charge is 0.293 e. The Morgan fingerprint density at radius 3 is 2.00 bits per heavy atom. The number of benzene rings is 2. The molecule has 0 radical (unpaired) electrons. The normalized spacial score (nSPS) is 9.36. The Bertz CT molecular complexity index is 587. The number of hydrogen-bond donors (Lipinski definition) is 4. The van der Waals surface area contributed by atoms with Crippen molar-refractivity contribution in [2.45, 2.75) is 6.92 Å². The molecular formula is C16H19NO5. The Hall–Kier alpha value is -2.89. The topological polar surface area (TPSA) is 99.0 Å². The summed E-state index contributed by atoms with van der Waals surface area (Å²) in [6.07, 6.45) is 0. The summed E-state index contributed by atoms with van der Waals surface area (Å²) in [5.74, 6) is -0.477. The van der Waals surface area contributed by atoms with Crippen molar-refractivity contribution in [2.24, 2.45) is 0 Å². The number of anilines is 1. The van der Waals surface area contributed by atoms with Crippen LogP contribution in [0.1, 0.15) is 6.92 Å². The van der Waals surface area contributed by atoms with E-state index >= 15 is 0 Å². The third kappa shape index (κ3) is 4.59. The van der Waals surface area contributed by atoms with Crippen LogP contribution in [-0.2, 0) is 9.53 Å². The van der Waals surface area contributed by atoms with E-state index in [1.54, 1.807) is 19.1 Å². The molecule has 0 saturated carbocycles. The number of ether oxygens (including phenoxy) is 1. The molecule has 0 bridgehead atoms. The third-order valence-corrected chi connectivity index (χ3v) is 2.78. The first kappa shape index (κ1) is 17.2. The van der Waals surface area contributed by atoms with E-state index in [9.17, 15) is 20.1 Å². The molecule has 22 heavy (non-hydrogen) atoms. The fourth-order valence-electron chi connectivity index (χ4n) is 1.76. The number of phenols is 3. The summed E-state index contributed by atoms with van der Waals surface area (Å²) < 4.78 is 4.15. The summed E-state index contributed by atoms with van der Waals surface area (Å²) in [6.45, 7) is 2.66. The lowest BCUT2D eigenvalue weighted by Gasteiger charge is -2.09. The standard InChI is InChI=1S/C13H13NO3.C3H6O2/c1-14-9-4-2-8(3-5-9)13-11(16)6-10(15)7-12(13)17;1-2-5-3-4/h2-7,14-17H,1H3;3H,2H2,1H3. The van der Waals surface area contributed by atoms with Crippen LogP contribution >= 0.6 is 0 Å². The average molecular weight is 305 g/mol. The highest BCUT2D eigenvalue weighted by molar-refractivity contribution is 5.78. The molecule has 0 spiro atoms. The molecule has 2 aromatic carbocycles. The number of nitrogens with one attached hydrogen (secondary N) is 1. The molecule has 6 heteroatoms. The van der Waals surface area contributed by atoms with Crippen molar-refractivity contribution >= 4 is 12.2 Å². The monoisotopic (exact) mass is 305 g/mol. The van der Waals surface area contributed by atoms with Gasteiger partial charge in [0.2, 0.25) is 0 Å². The first-order chi connectivity index (χ1) is 10.5. The van der Waals surface area contributed by atoms with Gasteiger partial charge in [0.25, 0.3) is 6.47 Å². The first-order valence-corrected chi connectivity index (χ1v) is 6.61. The molecule has 0 aliphatic carbocycles. The van der Waals surface area contributed by atoms with E-state index in [0.29, 0.717) is 24.2 Å². The van der Waals surface area contributed by atoms with Crippen LogP contribution in [0.2, 0.25) is 0 Å². The Balaban J connectivity index is 0.000000422. The number of rotatable bonds is 4. The second-order valence-electron chi connectivity index (χ2n) is 4.24. The van der Waals surface area contributed by atoms with Crippen LogP contribution in [0.4, 0.5) is 5.69 Å². The van der Waals surface area contributed by atoms with E-state index in [0.717, 1.165) is 5.69 Å². The molecule has 0 unspecified atom stereocenters. The van der Waals surface area contributed by atoms with E-state index in [-0.39, 0.29) is 17.2 Å². The summed E-state index contributed by atoms with van der Waals surface area (Å²) in [6, 6.07) is 9.61. The Labute approximate surface area is 128 Å². The van der Waals surface area contributed by atoms with Crippen molar-refractivity contribution in [1.29, 1.82) is 0 Å².